The fraction of sp³-hybridized carbons (Fsp3) is 0.370. The number of aliphatic hydroxyl groups excluding tert-OH is 1. The number of benzene rings is 2. The maximum atomic E-state index is 13.2. The normalized spacial score (nSPS) is 15.3. The molecule has 1 atom stereocenters. The zero-order chi connectivity index (χ0) is 30.4. The second-order valence-electron chi connectivity index (χ2n) is 9.64. The Hall–Kier alpha value is -3.85. The Morgan fingerprint density at radius 1 is 1.17 bits per heavy atom. The van der Waals surface area contributed by atoms with Crippen LogP contribution in [0, 0.1) is 5.41 Å². The summed E-state index contributed by atoms with van der Waals surface area (Å²) >= 11 is 5.91. The molecule has 2 heterocycles. The summed E-state index contributed by atoms with van der Waals surface area (Å²) in [7, 11) is 0. The second-order valence-corrected chi connectivity index (χ2v) is 10.1. The molecule has 1 fully saturated rings. The molecule has 0 radical (unpaired) electrons. The van der Waals surface area contributed by atoms with Crippen molar-refractivity contribution in [3.8, 4) is 11.4 Å². The van der Waals surface area contributed by atoms with E-state index in [0.29, 0.717) is 39.5 Å². The van der Waals surface area contributed by atoms with Crippen molar-refractivity contribution in [2.75, 3.05) is 32.7 Å². The molecule has 15 heteroatoms. The van der Waals surface area contributed by atoms with Gasteiger partial charge in [0.05, 0.1) is 6.54 Å². The molecule has 3 aromatic rings. The highest BCUT2D eigenvalue weighted by molar-refractivity contribution is 6.30. The minimum Gasteiger partial charge on any atom is -0.382 e. The minimum absolute atomic E-state index is 0.103. The summed E-state index contributed by atoms with van der Waals surface area (Å²) in [5, 5.41) is 23.9. The van der Waals surface area contributed by atoms with Crippen LogP contribution in [0.4, 0.5) is 18.9 Å². The number of aliphatic imine (C=N–C) groups is 1. The number of amidine groups is 1. The van der Waals surface area contributed by atoms with E-state index in [1.807, 2.05) is 0 Å². The molecule has 4 N–H and O–H groups in total. The summed E-state index contributed by atoms with van der Waals surface area (Å²) in [5.74, 6) is -0.541. The van der Waals surface area contributed by atoms with Crippen LogP contribution in [0.1, 0.15) is 17.3 Å². The van der Waals surface area contributed by atoms with E-state index in [9.17, 15) is 27.9 Å². The summed E-state index contributed by atoms with van der Waals surface area (Å²) in [4.78, 5) is 34.2. The number of aromatic nitrogens is 3. The highest BCUT2D eigenvalue weighted by atomic mass is 35.5. The van der Waals surface area contributed by atoms with Gasteiger partial charge < -0.3 is 14.9 Å². The van der Waals surface area contributed by atoms with Crippen LogP contribution in [-0.4, -0.2) is 92.3 Å². The van der Waals surface area contributed by atoms with Gasteiger partial charge in [-0.05, 0) is 36.9 Å². The maximum Gasteiger partial charge on any atom is 0.416 e. The van der Waals surface area contributed by atoms with E-state index < -0.39 is 31.1 Å². The standard InChI is InChI=1S/C27H30ClF3N8O3/c1-2-36-11-13-37(14-12-36)25(41)20-5-3-4-6-21(20)33-17-34-23(32)16-39-26(42)38(15-22(40)27(29,30)31)24(35-39)18-7-9-19(28)10-8-18/h3-10,17,22,40H,2,11-16H2,1H3,(H2,32,33,34)/p+1/t22-/m0/s1. The van der Waals surface area contributed by atoms with Gasteiger partial charge in [0.15, 0.2) is 18.3 Å². The van der Waals surface area contributed by atoms with Crippen molar-refractivity contribution in [1.29, 1.82) is 5.41 Å². The fourth-order valence-corrected chi connectivity index (χ4v) is 4.59. The third kappa shape index (κ3) is 7.50. The average Bonchev–Trinajstić information content (AvgIpc) is 3.27. The molecule has 0 aliphatic carbocycles. The minimum atomic E-state index is -4.95. The molecule has 11 nitrogen and oxygen atoms in total. The Balaban J connectivity index is 1.48. The number of piperazine rings is 1. The molecule has 1 amide bonds. The molecular formula is C27H31ClF3N8O3+. The van der Waals surface area contributed by atoms with Crippen molar-refractivity contribution in [3.63, 3.8) is 0 Å². The van der Waals surface area contributed by atoms with Gasteiger partial charge in [0, 0.05) is 42.8 Å². The molecule has 0 bridgehead atoms. The van der Waals surface area contributed by atoms with Crippen molar-refractivity contribution >= 4 is 35.4 Å². The van der Waals surface area contributed by atoms with E-state index in [0.717, 1.165) is 24.3 Å². The van der Waals surface area contributed by atoms with E-state index in [-0.39, 0.29) is 17.6 Å². The number of alkyl halides is 3. The SMILES string of the molecule is CCN1CCN(C(=O)c2ccccc2[NH2+]C=NC(=N)Cn2nc(-c3ccc(Cl)cc3)n(C[C@H](O)C(F)(F)F)c2=O)CC1. The number of carbonyl (C=O) groups excluding carboxylic acids is 1. The van der Waals surface area contributed by atoms with E-state index in [4.69, 9.17) is 17.0 Å². The van der Waals surface area contributed by atoms with Crippen LogP contribution in [0.15, 0.2) is 58.3 Å². The Morgan fingerprint density at radius 3 is 2.48 bits per heavy atom. The van der Waals surface area contributed by atoms with Crippen LogP contribution in [0.25, 0.3) is 11.4 Å². The van der Waals surface area contributed by atoms with Gasteiger partial charge >= 0.3 is 11.9 Å². The zero-order valence-electron chi connectivity index (χ0n) is 22.8. The number of nitrogens with one attached hydrogen (secondary N) is 1. The number of nitrogens with two attached hydrogens (primary N) is 1. The van der Waals surface area contributed by atoms with Crippen LogP contribution < -0.4 is 11.0 Å². The number of nitrogens with zero attached hydrogens (tertiary/aromatic N) is 6. The number of aliphatic hydroxyl groups is 1. The molecule has 1 aliphatic rings. The lowest BCUT2D eigenvalue weighted by Crippen LogP contribution is -2.77. The molecule has 1 aliphatic heterocycles. The number of likely N-dealkylation sites (N-methyl/N-ethyl adjacent to an activating group) is 1. The number of hydrogen-bond acceptors (Lipinski definition) is 6. The van der Waals surface area contributed by atoms with E-state index in [2.05, 4.69) is 21.9 Å². The second kappa shape index (κ2) is 13.4. The van der Waals surface area contributed by atoms with Gasteiger partial charge in [0.1, 0.15) is 23.6 Å². The van der Waals surface area contributed by atoms with Gasteiger partial charge in [-0.3, -0.25) is 20.1 Å². The van der Waals surface area contributed by atoms with Crippen molar-refractivity contribution in [3.05, 3.63) is 69.6 Å². The summed E-state index contributed by atoms with van der Waals surface area (Å²) in [5.41, 5.74) is 0.437. The average molecular weight is 608 g/mol. The summed E-state index contributed by atoms with van der Waals surface area (Å²) in [6.45, 7) is 4.34. The number of hydrogen-bond donors (Lipinski definition) is 3. The van der Waals surface area contributed by atoms with E-state index in [1.54, 1.807) is 34.5 Å². The highest BCUT2D eigenvalue weighted by Crippen LogP contribution is 2.24. The van der Waals surface area contributed by atoms with Crippen molar-refractivity contribution in [2.45, 2.75) is 32.3 Å². The van der Waals surface area contributed by atoms with Crippen molar-refractivity contribution in [1.82, 2.24) is 24.1 Å². The molecule has 1 aromatic heterocycles. The number of quaternary nitrogens is 1. The predicted molar refractivity (Wildman–Crippen MR) is 151 cm³/mol. The summed E-state index contributed by atoms with van der Waals surface area (Å²) in [6.07, 6.45) is -6.43. The lowest BCUT2D eigenvalue weighted by Gasteiger charge is -2.34. The molecule has 224 valence electrons. The summed E-state index contributed by atoms with van der Waals surface area (Å²) < 4.78 is 40.7. The lowest BCUT2D eigenvalue weighted by molar-refractivity contribution is -0.433. The third-order valence-corrected chi connectivity index (χ3v) is 7.09. The largest absolute Gasteiger partial charge is 0.416 e. The molecule has 1 saturated heterocycles. The van der Waals surface area contributed by atoms with Gasteiger partial charge in [-0.15, -0.1) is 5.10 Å². The molecule has 0 spiro atoms. The Morgan fingerprint density at radius 2 is 1.83 bits per heavy atom. The first-order valence-electron chi connectivity index (χ1n) is 13.2. The van der Waals surface area contributed by atoms with Gasteiger partial charge in [-0.2, -0.15) is 18.2 Å². The Kier molecular flexibility index (Phi) is 9.93. The number of carbonyl (C=O) groups is 1. The van der Waals surface area contributed by atoms with Gasteiger partial charge in [0.2, 0.25) is 0 Å². The van der Waals surface area contributed by atoms with E-state index >= 15 is 0 Å². The van der Waals surface area contributed by atoms with Crippen LogP contribution >= 0.6 is 11.6 Å². The lowest BCUT2D eigenvalue weighted by atomic mass is 10.1. The summed E-state index contributed by atoms with van der Waals surface area (Å²) in [6, 6.07) is 12.9. The quantitative estimate of drug-likeness (QED) is 0.194. The maximum absolute atomic E-state index is 13.2. The van der Waals surface area contributed by atoms with Crippen molar-refractivity contribution < 1.29 is 28.4 Å². The van der Waals surface area contributed by atoms with Crippen molar-refractivity contribution in [2.24, 2.45) is 4.99 Å². The van der Waals surface area contributed by atoms with Crippen LogP contribution in [0.5, 0.6) is 0 Å². The highest BCUT2D eigenvalue weighted by Gasteiger charge is 2.39. The topological polar surface area (TPSA) is 136 Å². The molecule has 0 saturated carbocycles. The monoisotopic (exact) mass is 607 g/mol. The third-order valence-electron chi connectivity index (χ3n) is 6.84. The Bertz CT molecular complexity index is 1500. The number of rotatable bonds is 9. The van der Waals surface area contributed by atoms with E-state index in [1.165, 1.54) is 30.6 Å². The molecule has 2 aromatic carbocycles. The first kappa shape index (κ1) is 31.1. The number of amides is 1. The fourth-order valence-electron chi connectivity index (χ4n) is 4.46. The van der Waals surface area contributed by atoms with Gasteiger partial charge in [-0.25, -0.2) is 9.48 Å². The molecule has 42 heavy (non-hydrogen) atoms. The van der Waals surface area contributed by atoms with Gasteiger partial charge in [0.25, 0.3) is 5.91 Å². The zero-order valence-corrected chi connectivity index (χ0v) is 23.5. The number of para-hydroxylation sites is 1. The smallest absolute Gasteiger partial charge is 0.382 e. The van der Waals surface area contributed by atoms with Crippen LogP contribution in [-0.2, 0) is 13.1 Å². The van der Waals surface area contributed by atoms with Gasteiger partial charge in [-0.1, -0.05) is 30.7 Å². The Labute approximate surface area is 244 Å². The van der Waals surface area contributed by atoms with Crippen LogP contribution in [0.3, 0.4) is 0 Å². The predicted octanol–water partition coefficient (Wildman–Crippen LogP) is 1.97. The van der Waals surface area contributed by atoms with Crippen LogP contribution in [0.2, 0.25) is 5.02 Å². The molecule has 4 rings (SSSR count). The molecule has 0 unspecified atom stereocenters. The first-order valence-corrected chi connectivity index (χ1v) is 13.6. The first-order chi connectivity index (χ1) is 20.0. The number of halogens is 4. The molecular weight excluding hydrogens is 577 g/mol.